The molecule has 0 aliphatic heterocycles. The van der Waals surface area contributed by atoms with Gasteiger partial charge in [-0.05, 0) is 19.8 Å². The number of methoxy groups -OCH3 is 1. The summed E-state index contributed by atoms with van der Waals surface area (Å²) in [6.07, 6.45) is 0. The fourth-order valence-corrected chi connectivity index (χ4v) is 1.75. The highest BCUT2D eigenvalue weighted by molar-refractivity contribution is 5.92. The molecular weight excluding hydrogens is 232 g/mol. The standard InChI is InChI=1S/C13H22N2O3/c1-6-15(10(4)9(2)3)13(16)12-7-11(8-17-5)18-14-12/h7,9-10H,6,8H2,1-5H3/t10-/m1/s1. The van der Waals surface area contributed by atoms with Crippen LogP contribution >= 0.6 is 0 Å². The third kappa shape index (κ3) is 3.32. The molecule has 1 heterocycles. The van der Waals surface area contributed by atoms with E-state index in [1.54, 1.807) is 18.1 Å². The van der Waals surface area contributed by atoms with Gasteiger partial charge in [-0.2, -0.15) is 0 Å². The van der Waals surface area contributed by atoms with Crippen LogP contribution in [-0.2, 0) is 11.3 Å². The van der Waals surface area contributed by atoms with E-state index in [1.165, 1.54) is 0 Å². The van der Waals surface area contributed by atoms with Gasteiger partial charge in [0.05, 0.1) is 0 Å². The van der Waals surface area contributed by atoms with Crippen LogP contribution in [0.3, 0.4) is 0 Å². The van der Waals surface area contributed by atoms with Crippen LogP contribution in [0.4, 0.5) is 0 Å². The minimum absolute atomic E-state index is 0.0928. The number of ether oxygens (including phenoxy) is 1. The summed E-state index contributed by atoms with van der Waals surface area (Å²) >= 11 is 0. The van der Waals surface area contributed by atoms with E-state index in [0.29, 0.717) is 30.5 Å². The van der Waals surface area contributed by atoms with Gasteiger partial charge < -0.3 is 14.2 Å². The van der Waals surface area contributed by atoms with Crippen LogP contribution in [0.15, 0.2) is 10.6 Å². The number of carbonyl (C=O) groups excluding carboxylic acids is 1. The zero-order chi connectivity index (χ0) is 13.7. The number of hydrogen-bond acceptors (Lipinski definition) is 4. The predicted octanol–water partition coefficient (Wildman–Crippen LogP) is 2.33. The van der Waals surface area contributed by atoms with Gasteiger partial charge in [-0.15, -0.1) is 0 Å². The fourth-order valence-electron chi connectivity index (χ4n) is 1.75. The van der Waals surface area contributed by atoms with Crippen molar-refractivity contribution >= 4 is 5.91 Å². The van der Waals surface area contributed by atoms with E-state index in [2.05, 4.69) is 19.0 Å². The van der Waals surface area contributed by atoms with Crippen LogP contribution in [0, 0.1) is 5.92 Å². The Hall–Kier alpha value is -1.36. The molecule has 18 heavy (non-hydrogen) atoms. The van der Waals surface area contributed by atoms with Crippen LogP contribution in [-0.4, -0.2) is 35.7 Å². The van der Waals surface area contributed by atoms with E-state index in [0.717, 1.165) is 0 Å². The Labute approximate surface area is 108 Å². The Bertz CT molecular complexity index is 387. The van der Waals surface area contributed by atoms with E-state index in [9.17, 15) is 4.79 Å². The highest BCUT2D eigenvalue weighted by Gasteiger charge is 2.24. The van der Waals surface area contributed by atoms with Gasteiger partial charge in [0.25, 0.3) is 5.91 Å². The summed E-state index contributed by atoms with van der Waals surface area (Å²) in [5.41, 5.74) is 0.344. The van der Waals surface area contributed by atoms with Gasteiger partial charge in [0.1, 0.15) is 6.61 Å². The molecule has 1 amide bonds. The van der Waals surface area contributed by atoms with Crippen molar-refractivity contribution in [2.45, 2.75) is 40.3 Å². The molecule has 0 bridgehead atoms. The topological polar surface area (TPSA) is 55.6 Å². The quantitative estimate of drug-likeness (QED) is 0.781. The molecule has 0 fully saturated rings. The van der Waals surface area contributed by atoms with Crippen molar-refractivity contribution in [1.29, 1.82) is 0 Å². The van der Waals surface area contributed by atoms with Crippen LogP contribution < -0.4 is 0 Å². The molecule has 0 aliphatic rings. The van der Waals surface area contributed by atoms with Crippen LogP contribution in [0.1, 0.15) is 43.9 Å². The van der Waals surface area contributed by atoms with Crippen molar-refractivity contribution in [2.24, 2.45) is 5.92 Å². The lowest BCUT2D eigenvalue weighted by Gasteiger charge is -2.30. The Morgan fingerprint density at radius 1 is 1.50 bits per heavy atom. The zero-order valence-electron chi connectivity index (χ0n) is 11.8. The predicted molar refractivity (Wildman–Crippen MR) is 68.2 cm³/mol. The molecule has 0 unspecified atom stereocenters. The first-order valence-corrected chi connectivity index (χ1v) is 6.26. The van der Waals surface area contributed by atoms with E-state index in [-0.39, 0.29) is 11.9 Å². The third-order valence-electron chi connectivity index (χ3n) is 3.12. The van der Waals surface area contributed by atoms with E-state index >= 15 is 0 Å². The zero-order valence-corrected chi connectivity index (χ0v) is 11.8. The Morgan fingerprint density at radius 3 is 2.67 bits per heavy atom. The lowest BCUT2D eigenvalue weighted by atomic mass is 10.0. The molecular formula is C13H22N2O3. The van der Waals surface area contributed by atoms with Gasteiger partial charge >= 0.3 is 0 Å². The summed E-state index contributed by atoms with van der Waals surface area (Å²) in [6.45, 7) is 9.19. The van der Waals surface area contributed by atoms with Gasteiger partial charge in [-0.25, -0.2) is 0 Å². The summed E-state index contributed by atoms with van der Waals surface area (Å²) in [6, 6.07) is 1.81. The summed E-state index contributed by atoms with van der Waals surface area (Å²) in [5.74, 6) is 0.873. The van der Waals surface area contributed by atoms with Crippen LogP contribution in [0.5, 0.6) is 0 Å². The first-order chi connectivity index (χ1) is 8.51. The Balaban J connectivity index is 2.82. The number of rotatable bonds is 6. The van der Waals surface area contributed by atoms with Gasteiger partial charge in [-0.1, -0.05) is 19.0 Å². The van der Waals surface area contributed by atoms with Crippen molar-refractivity contribution in [1.82, 2.24) is 10.1 Å². The number of amides is 1. The summed E-state index contributed by atoms with van der Waals surface area (Å²) < 4.78 is 9.97. The SMILES string of the molecule is CCN(C(=O)c1cc(COC)on1)[C@H](C)C(C)C. The van der Waals surface area contributed by atoms with Gasteiger partial charge in [0.15, 0.2) is 11.5 Å². The molecule has 0 saturated heterocycles. The molecule has 0 N–H and O–H groups in total. The molecule has 0 saturated carbocycles. The summed E-state index contributed by atoms with van der Waals surface area (Å²) in [5, 5.41) is 3.80. The van der Waals surface area contributed by atoms with Gasteiger partial charge in [-0.3, -0.25) is 4.79 Å². The van der Waals surface area contributed by atoms with Crippen molar-refractivity contribution in [2.75, 3.05) is 13.7 Å². The molecule has 1 aromatic heterocycles. The monoisotopic (exact) mass is 254 g/mol. The molecule has 0 spiro atoms. The highest BCUT2D eigenvalue weighted by Crippen LogP contribution is 2.14. The van der Waals surface area contributed by atoms with Crippen molar-refractivity contribution in [3.05, 3.63) is 17.5 Å². The third-order valence-corrected chi connectivity index (χ3v) is 3.12. The lowest BCUT2D eigenvalue weighted by molar-refractivity contribution is 0.0649. The maximum atomic E-state index is 12.3. The second kappa shape index (κ2) is 6.54. The van der Waals surface area contributed by atoms with Crippen molar-refractivity contribution in [3.8, 4) is 0 Å². The molecule has 1 aromatic rings. The molecule has 1 atom stereocenters. The lowest BCUT2D eigenvalue weighted by Crippen LogP contribution is -2.41. The molecule has 0 aromatic carbocycles. The van der Waals surface area contributed by atoms with Crippen molar-refractivity contribution in [3.63, 3.8) is 0 Å². The first kappa shape index (κ1) is 14.7. The molecule has 5 heteroatoms. The minimum Gasteiger partial charge on any atom is -0.377 e. The molecule has 1 rings (SSSR count). The van der Waals surface area contributed by atoms with E-state index in [4.69, 9.17) is 9.26 Å². The maximum absolute atomic E-state index is 12.3. The first-order valence-electron chi connectivity index (χ1n) is 6.26. The second-order valence-corrected chi connectivity index (χ2v) is 4.69. The largest absolute Gasteiger partial charge is 0.377 e. The van der Waals surface area contributed by atoms with Gasteiger partial charge in [0, 0.05) is 25.8 Å². The fraction of sp³-hybridized carbons (Fsp3) is 0.692. The Kier molecular flexibility index (Phi) is 5.34. The smallest absolute Gasteiger partial charge is 0.276 e. The van der Waals surface area contributed by atoms with Crippen molar-refractivity contribution < 1.29 is 14.1 Å². The second-order valence-electron chi connectivity index (χ2n) is 4.69. The van der Waals surface area contributed by atoms with E-state index in [1.807, 2.05) is 13.8 Å². The average Bonchev–Trinajstić information content (AvgIpc) is 2.78. The molecule has 5 nitrogen and oxygen atoms in total. The maximum Gasteiger partial charge on any atom is 0.276 e. The minimum atomic E-state index is -0.0928. The number of carbonyl (C=O) groups is 1. The molecule has 0 radical (unpaired) electrons. The number of aromatic nitrogens is 1. The summed E-state index contributed by atoms with van der Waals surface area (Å²) in [4.78, 5) is 14.1. The number of nitrogens with zero attached hydrogens (tertiary/aromatic N) is 2. The van der Waals surface area contributed by atoms with E-state index < -0.39 is 0 Å². The molecule has 102 valence electrons. The Morgan fingerprint density at radius 2 is 2.17 bits per heavy atom. The van der Waals surface area contributed by atoms with Crippen LogP contribution in [0.2, 0.25) is 0 Å². The highest BCUT2D eigenvalue weighted by atomic mass is 16.5. The summed E-state index contributed by atoms with van der Waals surface area (Å²) in [7, 11) is 1.57. The molecule has 0 aliphatic carbocycles. The number of hydrogen-bond donors (Lipinski definition) is 0. The normalized spacial score (nSPS) is 12.8. The van der Waals surface area contributed by atoms with Crippen LogP contribution in [0.25, 0.3) is 0 Å². The van der Waals surface area contributed by atoms with Gasteiger partial charge in [0.2, 0.25) is 0 Å². The average molecular weight is 254 g/mol.